The van der Waals surface area contributed by atoms with Gasteiger partial charge in [-0.25, -0.2) is 0 Å². The third-order valence-electron chi connectivity index (χ3n) is 3.25. The summed E-state index contributed by atoms with van der Waals surface area (Å²) in [6.45, 7) is 13.6. The fourth-order valence-electron chi connectivity index (χ4n) is 2.05. The fourth-order valence-corrected chi connectivity index (χ4v) is 2.05. The van der Waals surface area contributed by atoms with Gasteiger partial charge in [0.25, 0.3) is 0 Å². The van der Waals surface area contributed by atoms with Crippen LogP contribution in [0.5, 0.6) is 0 Å². The number of nitrogens with zero attached hydrogens (tertiary/aromatic N) is 1. The largest absolute Gasteiger partial charge is 0.383 e. The Morgan fingerprint density at radius 2 is 1.75 bits per heavy atom. The second kappa shape index (κ2) is 7.65. The lowest BCUT2D eigenvalue weighted by Gasteiger charge is -2.29. The van der Waals surface area contributed by atoms with Gasteiger partial charge in [0.1, 0.15) is 0 Å². The highest BCUT2D eigenvalue weighted by Crippen LogP contribution is 2.18. The van der Waals surface area contributed by atoms with Crippen molar-refractivity contribution in [2.24, 2.45) is 0 Å². The van der Waals surface area contributed by atoms with E-state index in [0.29, 0.717) is 6.04 Å². The molecule has 0 atom stereocenters. The lowest BCUT2D eigenvalue weighted by molar-refractivity contribution is 0.204. The minimum absolute atomic E-state index is 0.154. The van der Waals surface area contributed by atoms with Crippen molar-refractivity contribution in [1.29, 1.82) is 0 Å². The monoisotopic (exact) mass is 278 g/mol. The quantitative estimate of drug-likeness (QED) is 0.827. The summed E-state index contributed by atoms with van der Waals surface area (Å²) < 4.78 is 5.19. The van der Waals surface area contributed by atoms with Crippen LogP contribution in [0.25, 0.3) is 0 Å². The molecule has 0 aliphatic rings. The molecule has 0 amide bonds. The molecule has 0 aliphatic heterocycles. The number of hydrogen-bond donors (Lipinski definition) is 1. The molecule has 0 heterocycles. The van der Waals surface area contributed by atoms with Gasteiger partial charge in [0.2, 0.25) is 0 Å². The molecule has 0 aromatic heterocycles. The van der Waals surface area contributed by atoms with Crippen molar-refractivity contribution in [3.63, 3.8) is 0 Å². The summed E-state index contributed by atoms with van der Waals surface area (Å²) in [5, 5.41) is 3.51. The van der Waals surface area contributed by atoms with Crippen LogP contribution < -0.4 is 10.2 Å². The maximum atomic E-state index is 5.19. The zero-order chi connectivity index (χ0) is 15.2. The third-order valence-corrected chi connectivity index (χ3v) is 3.25. The number of rotatable bonds is 7. The molecule has 0 aliphatic carbocycles. The number of methoxy groups -OCH3 is 1. The molecule has 1 aromatic carbocycles. The minimum atomic E-state index is 0.154. The van der Waals surface area contributed by atoms with E-state index in [9.17, 15) is 0 Å². The third kappa shape index (κ3) is 5.93. The Hall–Kier alpha value is -1.06. The van der Waals surface area contributed by atoms with Crippen molar-refractivity contribution in [2.75, 3.05) is 25.2 Å². The number of ether oxygens (including phenoxy) is 1. The van der Waals surface area contributed by atoms with E-state index < -0.39 is 0 Å². The van der Waals surface area contributed by atoms with Crippen LogP contribution >= 0.6 is 0 Å². The van der Waals surface area contributed by atoms with Gasteiger partial charge in [0.15, 0.2) is 0 Å². The maximum Gasteiger partial charge on any atom is 0.0637 e. The van der Waals surface area contributed by atoms with Gasteiger partial charge in [-0.1, -0.05) is 12.1 Å². The second-order valence-corrected chi connectivity index (χ2v) is 6.55. The Balaban J connectivity index is 2.68. The van der Waals surface area contributed by atoms with Crippen LogP contribution in [-0.2, 0) is 11.3 Å². The Morgan fingerprint density at radius 3 is 2.20 bits per heavy atom. The molecule has 0 bridgehead atoms. The molecule has 0 radical (unpaired) electrons. The molecule has 1 aromatic rings. The van der Waals surface area contributed by atoms with E-state index in [4.69, 9.17) is 4.74 Å². The molecular formula is C17H30N2O. The van der Waals surface area contributed by atoms with Crippen LogP contribution in [0, 0.1) is 0 Å². The molecule has 1 rings (SSSR count). The van der Waals surface area contributed by atoms with Gasteiger partial charge in [-0.3, -0.25) is 0 Å². The van der Waals surface area contributed by atoms with Crippen LogP contribution in [0.15, 0.2) is 24.3 Å². The first-order valence-corrected chi connectivity index (χ1v) is 7.43. The van der Waals surface area contributed by atoms with Crippen LogP contribution in [0.3, 0.4) is 0 Å². The van der Waals surface area contributed by atoms with Crippen LogP contribution in [0.4, 0.5) is 5.69 Å². The molecule has 0 unspecified atom stereocenters. The average Bonchev–Trinajstić information content (AvgIpc) is 2.37. The molecule has 0 saturated carbocycles. The Bertz CT molecular complexity index is 379. The van der Waals surface area contributed by atoms with Gasteiger partial charge in [-0.15, -0.1) is 0 Å². The van der Waals surface area contributed by atoms with Gasteiger partial charge in [-0.2, -0.15) is 0 Å². The predicted octanol–water partition coefficient (Wildman–Crippen LogP) is 3.44. The van der Waals surface area contributed by atoms with E-state index in [-0.39, 0.29) is 5.54 Å². The first-order chi connectivity index (χ1) is 9.33. The van der Waals surface area contributed by atoms with Gasteiger partial charge in [0.05, 0.1) is 6.61 Å². The lowest BCUT2D eigenvalue weighted by atomic mass is 10.1. The summed E-state index contributed by atoms with van der Waals surface area (Å²) in [4.78, 5) is 2.37. The average molecular weight is 278 g/mol. The highest BCUT2D eigenvalue weighted by atomic mass is 16.5. The van der Waals surface area contributed by atoms with E-state index in [1.54, 1.807) is 7.11 Å². The van der Waals surface area contributed by atoms with Crippen molar-refractivity contribution < 1.29 is 4.74 Å². The maximum absolute atomic E-state index is 5.19. The summed E-state index contributed by atoms with van der Waals surface area (Å²) in [5.41, 5.74) is 2.73. The Labute approximate surface area is 124 Å². The van der Waals surface area contributed by atoms with E-state index in [1.807, 2.05) is 0 Å². The number of hydrogen-bond acceptors (Lipinski definition) is 3. The molecule has 1 N–H and O–H groups in total. The van der Waals surface area contributed by atoms with Gasteiger partial charge in [0, 0.05) is 37.5 Å². The molecule has 3 nitrogen and oxygen atoms in total. The SMILES string of the molecule is COCCN(c1ccc(CNC(C)(C)C)cc1)C(C)C. The van der Waals surface area contributed by atoms with E-state index >= 15 is 0 Å². The number of anilines is 1. The number of benzene rings is 1. The molecule has 20 heavy (non-hydrogen) atoms. The number of nitrogens with one attached hydrogen (secondary N) is 1. The van der Waals surface area contributed by atoms with Crippen molar-refractivity contribution in [3.8, 4) is 0 Å². The zero-order valence-electron chi connectivity index (χ0n) is 13.9. The van der Waals surface area contributed by atoms with Gasteiger partial charge < -0.3 is 15.0 Å². The molecule has 114 valence electrons. The summed E-state index contributed by atoms with van der Waals surface area (Å²) in [6.07, 6.45) is 0. The second-order valence-electron chi connectivity index (χ2n) is 6.55. The normalized spacial score (nSPS) is 11.9. The van der Waals surface area contributed by atoms with E-state index in [2.05, 4.69) is 69.1 Å². The standard InChI is InChI=1S/C17H30N2O/c1-14(2)19(11-12-20-6)16-9-7-15(8-10-16)13-18-17(3,4)5/h7-10,14,18H,11-13H2,1-6H3. The fraction of sp³-hybridized carbons (Fsp3) is 0.647. The topological polar surface area (TPSA) is 24.5 Å². The Kier molecular flexibility index (Phi) is 6.50. The first kappa shape index (κ1) is 17.0. The molecular weight excluding hydrogens is 248 g/mol. The van der Waals surface area contributed by atoms with Gasteiger partial charge >= 0.3 is 0 Å². The molecule has 3 heteroatoms. The van der Waals surface area contributed by atoms with Crippen molar-refractivity contribution in [2.45, 2.75) is 52.7 Å². The van der Waals surface area contributed by atoms with Crippen LogP contribution in [0.1, 0.15) is 40.2 Å². The molecule has 0 saturated heterocycles. The minimum Gasteiger partial charge on any atom is -0.383 e. The van der Waals surface area contributed by atoms with Crippen molar-refractivity contribution >= 4 is 5.69 Å². The Morgan fingerprint density at radius 1 is 1.15 bits per heavy atom. The molecule has 0 fully saturated rings. The van der Waals surface area contributed by atoms with Crippen molar-refractivity contribution in [3.05, 3.63) is 29.8 Å². The zero-order valence-corrected chi connectivity index (χ0v) is 13.9. The van der Waals surface area contributed by atoms with E-state index in [1.165, 1.54) is 11.3 Å². The van der Waals surface area contributed by atoms with E-state index in [0.717, 1.165) is 19.7 Å². The van der Waals surface area contributed by atoms with Gasteiger partial charge in [-0.05, 0) is 52.3 Å². The summed E-state index contributed by atoms with van der Waals surface area (Å²) in [7, 11) is 1.75. The molecule has 0 spiro atoms. The summed E-state index contributed by atoms with van der Waals surface area (Å²) in [6, 6.07) is 9.29. The van der Waals surface area contributed by atoms with Crippen LogP contribution in [0.2, 0.25) is 0 Å². The highest BCUT2D eigenvalue weighted by Gasteiger charge is 2.11. The highest BCUT2D eigenvalue weighted by molar-refractivity contribution is 5.48. The first-order valence-electron chi connectivity index (χ1n) is 7.43. The summed E-state index contributed by atoms with van der Waals surface area (Å²) >= 11 is 0. The summed E-state index contributed by atoms with van der Waals surface area (Å²) in [5.74, 6) is 0. The predicted molar refractivity (Wildman–Crippen MR) is 87.4 cm³/mol. The van der Waals surface area contributed by atoms with Crippen LogP contribution in [-0.4, -0.2) is 31.8 Å². The smallest absolute Gasteiger partial charge is 0.0637 e. The lowest BCUT2D eigenvalue weighted by Crippen LogP contribution is -2.35. The van der Waals surface area contributed by atoms with Crippen molar-refractivity contribution in [1.82, 2.24) is 5.32 Å².